The summed E-state index contributed by atoms with van der Waals surface area (Å²) in [5.41, 5.74) is 0.976. The molecule has 1 heterocycles. The molecule has 2 unspecified atom stereocenters. The number of rotatable bonds is 6. The van der Waals surface area contributed by atoms with Gasteiger partial charge in [-0.1, -0.05) is 18.2 Å². The first-order valence-corrected chi connectivity index (χ1v) is 6.94. The van der Waals surface area contributed by atoms with Gasteiger partial charge in [-0.3, -0.25) is 10.1 Å². The van der Waals surface area contributed by atoms with E-state index in [0.717, 1.165) is 11.3 Å². The van der Waals surface area contributed by atoms with E-state index >= 15 is 0 Å². The highest BCUT2D eigenvalue weighted by Gasteiger charge is 2.34. The molecule has 20 heavy (non-hydrogen) atoms. The first kappa shape index (κ1) is 14.8. The van der Waals surface area contributed by atoms with Crippen LogP contribution in [-0.4, -0.2) is 43.7 Å². The molecule has 0 aromatic heterocycles. The number of carbonyl (C=O) groups excluding carboxylic acids is 1. The van der Waals surface area contributed by atoms with Crippen LogP contribution in [0, 0.1) is 0 Å². The van der Waals surface area contributed by atoms with Gasteiger partial charge in [0.05, 0.1) is 19.8 Å². The third-order valence-electron chi connectivity index (χ3n) is 3.42. The molecule has 1 aliphatic rings. The number of hydrogen-bond acceptors (Lipinski definition) is 4. The van der Waals surface area contributed by atoms with E-state index in [0.29, 0.717) is 19.7 Å². The van der Waals surface area contributed by atoms with Crippen molar-refractivity contribution >= 4 is 5.91 Å². The van der Waals surface area contributed by atoms with Gasteiger partial charge < -0.3 is 14.4 Å². The van der Waals surface area contributed by atoms with Crippen LogP contribution in [0.3, 0.4) is 0 Å². The van der Waals surface area contributed by atoms with E-state index in [1.54, 1.807) is 7.11 Å². The van der Waals surface area contributed by atoms with Gasteiger partial charge in [-0.25, -0.2) is 0 Å². The SMILES string of the molecule is CCOC(C)CN1C(=O)CNC1c1ccccc1OC. The number of hydrogen-bond donors (Lipinski definition) is 1. The minimum atomic E-state index is -0.151. The number of methoxy groups -OCH3 is 1. The van der Waals surface area contributed by atoms with Gasteiger partial charge in [-0.05, 0) is 19.9 Å². The molecule has 5 heteroatoms. The summed E-state index contributed by atoms with van der Waals surface area (Å²) in [4.78, 5) is 13.9. The zero-order valence-corrected chi connectivity index (χ0v) is 12.3. The molecule has 110 valence electrons. The molecule has 2 atom stereocenters. The average molecular weight is 278 g/mol. The predicted molar refractivity (Wildman–Crippen MR) is 76.5 cm³/mol. The first-order valence-electron chi connectivity index (χ1n) is 6.94. The number of amides is 1. The van der Waals surface area contributed by atoms with E-state index in [1.165, 1.54) is 0 Å². The topological polar surface area (TPSA) is 50.8 Å². The molecule has 1 fully saturated rings. The van der Waals surface area contributed by atoms with Crippen LogP contribution in [0.25, 0.3) is 0 Å². The zero-order valence-electron chi connectivity index (χ0n) is 12.3. The quantitative estimate of drug-likeness (QED) is 0.858. The zero-order chi connectivity index (χ0) is 14.5. The van der Waals surface area contributed by atoms with E-state index in [2.05, 4.69) is 5.32 Å². The molecule has 5 nitrogen and oxygen atoms in total. The second-order valence-electron chi connectivity index (χ2n) is 4.84. The Morgan fingerprint density at radius 3 is 2.90 bits per heavy atom. The fraction of sp³-hybridized carbons (Fsp3) is 0.533. The fourth-order valence-electron chi connectivity index (χ4n) is 2.53. The fourth-order valence-corrected chi connectivity index (χ4v) is 2.53. The average Bonchev–Trinajstić information content (AvgIpc) is 2.80. The molecule has 1 aromatic carbocycles. The number of ether oxygens (including phenoxy) is 2. The highest BCUT2D eigenvalue weighted by molar-refractivity contribution is 5.81. The summed E-state index contributed by atoms with van der Waals surface area (Å²) >= 11 is 0. The van der Waals surface area contributed by atoms with Crippen molar-refractivity contribution in [3.8, 4) is 5.75 Å². The molecule has 0 bridgehead atoms. The Kier molecular flexibility index (Phi) is 4.98. The minimum absolute atomic E-state index is 0.0149. The largest absolute Gasteiger partial charge is 0.496 e. The Labute approximate surface area is 119 Å². The van der Waals surface area contributed by atoms with E-state index < -0.39 is 0 Å². The molecule has 1 saturated heterocycles. The molecule has 0 aliphatic carbocycles. The van der Waals surface area contributed by atoms with Crippen molar-refractivity contribution in [1.29, 1.82) is 0 Å². The van der Waals surface area contributed by atoms with Crippen LogP contribution >= 0.6 is 0 Å². The van der Waals surface area contributed by atoms with E-state index in [4.69, 9.17) is 9.47 Å². The van der Waals surface area contributed by atoms with Crippen LogP contribution in [0.4, 0.5) is 0 Å². The molecule has 0 radical (unpaired) electrons. The van der Waals surface area contributed by atoms with E-state index in [-0.39, 0.29) is 18.2 Å². The van der Waals surface area contributed by atoms with Crippen molar-refractivity contribution in [2.45, 2.75) is 26.1 Å². The van der Waals surface area contributed by atoms with E-state index in [1.807, 2.05) is 43.0 Å². The number of para-hydroxylation sites is 1. The van der Waals surface area contributed by atoms with Gasteiger partial charge in [-0.15, -0.1) is 0 Å². The van der Waals surface area contributed by atoms with Crippen molar-refractivity contribution < 1.29 is 14.3 Å². The Bertz CT molecular complexity index is 464. The number of nitrogens with one attached hydrogen (secondary N) is 1. The summed E-state index contributed by atoms with van der Waals surface area (Å²) in [5.74, 6) is 0.876. The van der Waals surface area contributed by atoms with Gasteiger partial charge in [0, 0.05) is 18.7 Å². The molecule has 1 N–H and O–H groups in total. The second-order valence-corrected chi connectivity index (χ2v) is 4.84. The molecule has 0 spiro atoms. The molecule has 1 aromatic rings. The van der Waals surface area contributed by atoms with Crippen molar-refractivity contribution in [2.75, 3.05) is 26.8 Å². The number of carbonyl (C=O) groups is 1. The van der Waals surface area contributed by atoms with Crippen LogP contribution in [-0.2, 0) is 9.53 Å². The maximum Gasteiger partial charge on any atom is 0.238 e. The summed E-state index contributed by atoms with van der Waals surface area (Å²) in [6.45, 7) is 5.51. The van der Waals surface area contributed by atoms with Gasteiger partial charge >= 0.3 is 0 Å². The van der Waals surface area contributed by atoms with Gasteiger partial charge in [0.2, 0.25) is 5.91 Å². The number of nitrogens with zero attached hydrogens (tertiary/aromatic N) is 1. The van der Waals surface area contributed by atoms with Crippen molar-refractivity contribution in [2.24, 2.45) is 0 Å². The molecular weight excluding hydrogens is 256 g/mol. The van der Waals surface area contributed by atoms with Gasteiger partial charge in [0.15, 0.2) is 0 Å². The summed E-state index contributed by atoms with van der Waals surface area (Å²) in [5, 5.41) is 3.24. The molecule has 1 aliphatic heterocycles. The smallest absolute Gasteiger partial charge is 0.238 e. The van der Waals surface area contributed by atoms with E-state index in [9.17, 15) is 4.79 Å². The standard InChI is InChI=1S/C15H22N2O3/c1-4-20-11(2)10-17-14(18)9-16-15(17)12-7-5-6-8-13(12)19-3/h5-8,11,15-16H,4,9-10H2,1-3H3. The van der Waals surface area contributed by atoms with Gasteiger partial charge in [0.1, 0.15) is 11.9 Å². The second kappa shape index (κ2) is 6.72. The third-order valence-corrected chi connectivity index (χ3v) is 3.42. The lowest BCUT2D eigenvalue weighted by atomic mass is 10.1. The lowest BCUT2D eigenvalue weighted by Gasteiger charge is -2.28. The summed E-state index contributed by atoms with van der Waals surface area (Å²) < 4.78 is 10.9. The van der Waals surface area contributed by atoms with Crippen molar-refractivity contribution in [3.05, 3.63) is 29.8 Å². The Morgan fingerprint density at radius 2 is 2.20 bits per heavy atom. The highest BCUT2D eigenvalue weighted by Crippen LogP contribution is 2.30. The highest BCUT2D eigenvalue weighted by atomic mass is 16.5. The maximum absolute atomic E-state index is 12.1. The summed E-state index contributed by atoms with van der Waals surface area (Å²) in [7, 11) is 1.64. The van der Waals surface area contributed by atoms with Crippen LogP contribution in [0.1, 0.15) is 25.6 Å². The monoisotopic (exact) mass is 278 g/mol. The molecule has 1 amide bonds. The first-order chi connectivity index (χ1) is 9.67. The third kappa shape index (κ3) is 3.11. The lowest BCUT2D eigenvalue weighted by Crippen LogP contribution is -2.37. The van der Waals surface area contributed by atoms with Crippen LogP contribution in [0.15, 0.2) is 24.3 Å². The maximum atomic E-state index is 12.1. The minimum Gasteiger partial charge on any atom is -0.496 e. The summed E-state index contributed by atoms with van der Waals surface area (Å²) in [6.07, 6.45) is -0.136. The Balaban J connectivity index is 2.19. The van der Waals surface area contributed by atoms with Gasteiger partial charge in [0.25, 0.3) is 0 Å². The molecule has 2 rings (SSSR count). The predicted octanol–water partition coefficient (Wildman–Crippen LogP) is 1.55. The summed E-state index contributed by atoms with van der Waals surface area (Å²) in [6, 6.07) is 7.76. The molecule has 0 saturated carbocycles. The van der Waals surface area contributed by atoms with Crippen LogP contribution in [0.2, 0.25) is 0 Å². The van der Waals surface area contributed by atoms with Crippen LogP contribution < -0.4 is 10.1 Å². The van der Waals surface area contributed by atoms with Crippen LogP contribution in [0.5, 0.6) is 5.75 Å². The lowest BCUT2D eigenvalue weighted by molar-refractivity contribution is -0.129. The van der Waals surface area contributed by atoms with Crippen molar-refractivity contribution in [1.82, 2.24) is 10.2 Å². The van der Waals surface area contributed by atoms with Crippen molar-refractivity contribution in [3.63, 3.8) is 0 Å². The normalized spacial score (nSPS) is 20.2. The Hall–Kier alpha value is -1.59. The van der Waals surface area contributed by atoms with Gasteiger partial charge in [-0.2, -0.15) is 0 Å². The Morgan fingerprint density at radius 1 is 1.45 bits per heavy atom. The molecular formula is C15H22N2O3. The number of benzene rings is 1.